The number of likely N-dealkylation sites (tertiary alicyclic amines) is 2. The van der Waals surface area contributed by atoms with Crippen LogP contribution in [-0.4, -0.2) is 60.3 Å². The summed E-state index contributed by atoms with van der Waals surface area (Å²) in [6.45, 7) is 5.53. The lowest BCUT2D eigenvalue weighted by atomic mass is 9.82. The summed E-state index contributed by atoms with van der Waals surface area (Å²) in [4.78, 5) is 41.7. The second kappa shape index (κ2) is 10.6. The van der Waals surface area contributed by atoms with Gasteiger partial charge < -0.3 is 19.9 Å². The van der Waals surface area contributed by atoms with Gasteiger partial charge in [0.1, 0.15) is 5.75 Å². The number of nitrogens with one attached hydrogen (secondary N) is 1. The number of amides is 3. The molecule has 1 aromatic carbocycles. The minimum absolute atomic E-state index is 0.0293. The number of hydrogen-bond donors (Lipinski definition) is 1. The third-order valence-electron chi connectivity index (χ3n) is 6.45. The van der Waals surface area contributed by atoms with Gasteiger partial charge in [-0.25, -0.2) is 0 Å². The van der Waals surface area contributed by atoms with Crippen LogP contribution in [0, 0.1) is 5.92 Å². The Morgan fingerprint density at radius 3 is 2.52 bits per heavy atom. The minimum atomic E-state index is -0.315. The molecule has 31 heavy (non-hydrogen) atoms. The van der Waals surface area contributed by atoms with Crippen molar-refractivity contribution in [2.75, 3.05) is 26.7 Å². The van der Waals surface area contributed by atoms with E-state index in [0.29, 0.717) is 38.2 Å². The molecule has 0 aromatic heterocycles. The zero-order chi connectivity index (χ0) is 22.4. The van der Waals surface area contributed by atoms with Crippen LogP contribution in [0.5, 0.6) is 5.75 Å². The van der Waals surface area contributed by atoms with Crippen molar-refractivity contribution in [3.05, 3.63) is 29.8 Å². The van der Waals surface area contributed by atoms with E-state index >= 15 is 0 Å². The number of piperidine rings is 2. The SMILES string of the molecule is CCCCN1C(=O)CCC(C(=O)N2CCC(NC(C)=O)CC2)C1c1ccccc1OC. The maximum atomic E-state index is 13.7. The highest BCUT2D eigenvalue weighted by Crippen LogP contribution is 2.41. The van der Waals surface area contributed by atoms with Crippen molar-refractivity contribution in [3.63, 3.8) is 0 Å². The number of rotatable bonds is 7. The number of ether oxygens (including phenoxy) is 1. The number of carbonyl (C=O) groups is 3. The summed E-state index contributed by atoms with van der Waals surface area (Å²) in [5.74, 6) is 0.608. The molecule has 0 bridgehead atoms. The largest absolute Gasteiger partial charge is 0.496 e. The topological polar surface area (TPSA) is 79.0 Å². The lowest BCUT2D eigenvalue weighted by Crippen LogP contribution is -2.52. The first-order valence-electron chi connectivity index (χ1n) is 11.4. The quantitative estimate of drug-likeness (QED) is 0.723. The van der Waals surface area contributed by atoms with Crippen molar-refractivity contribution < 1.29 is 19.1 Å². The number of unbranched alkanes of at least 4 members (excludes halogenated alkanes) is 1. The fourth-order valence-corrected chi connectivity index (χ4v) is 4.87. The molecule has 2 fully saturated rings. The molecule has 3 amide bonds. The summed E-state index contributed by atoms with van der Waals surface area (Å²) in [7, 11) is 1.63. The average Bonchev–Trinajstić information content (AvgIpc) is 2.77. The number of para-hydroxylation sites is 1. The maximum Gasteiger partial charge on any atom is 0.228 e. The van der Waals surface area contributed by atoms with E-state index in [4.69, 9.17) is 4.74 Å². The standard InChI is InChI=1S/C24H35N3O4/c1-4-5-14-27-22(29)11-10-20(23(27)19-8-6-7-9-21(19)31-3)24(30)26-15-12-18(13-16-26)25-17(2)28/h6-9,18,20,23H,4-5,10-16H2,1-3H3,(H,25,28). The fraction of sp³-hybridized carbons (Fsp3) is 0.625. The molecule has 2 heterocycles. The van der Waals surface area contributed by atoms with Gasteiger partial charge in [-0.05, 0) is 31.7 Å². The van der Waals surface area contributed by atoms with Gasteiger partial charge in [-0.1, -0.05) is 31.5 Å². The van der Waals surface area contributed by atoms with Gasteiger partial charge >= 0.3 is 0 Å². The van der Waals surface area contributed by atoms with E-state index in [2.05, 4.69) is 12.2 Å². The van der Waals surface area contributed by atoms with E-state index < -0.39 is 0 Å². The molecule has 3 rings (SSSR count). The summed E-state index contributed by atoms with van der Waals surface area (Å²) in [5.41, 5.74) is 0.903. The summed E-state index contributed by atoms with van der Waals surface area (Å²) in [5, 5.41) is 2.96. The van der Waals surface area contributed by atoms with Crippen LogP contribution in [0.25, 0.3) is 0 Å². The highest BCUT2D eigenvalue weighted by atomic mass is 16.5. The van der Waals surface area contributed by atoms with Crippen molar-refractivity contribution in [1.29, 1.82) is 0 Å². The zero-order valence-electron chi connectivity index (χ0n) is 18.9. The van der Waals surface area contributed by atoms with Crippen molar-refractivity contribution in [1.82, 2.24) is 15.1 Å². The summed E-state index contributed by atoms with van der Waals surface area (Å²) in [6.07, 6.45) is 4.35. The van der Waals surface area contributed by atoms with E-state index in [-0.39, 0.29) is 35.7 Å². The molecule has 2 aliphatic rings. The molecular formula is C24H35N3O4. The van der Waals surface area contributed by atoms with Gasteiger partial charge in [-0.2, -0.15) is 0 Å². The van der Waals surface area contributed by atoms with Gasteiger partial charge in [0.15, 0.2) is 0 Å². The van der Waals surface area contributed by atoms with Crippen LogP contribution in [-0.2, 0) is 14.4 Å². The van der Waals surface area contributed by atoms with E-state index in [9.17, 15) is 14.4 Å². The number of carbonyl (C=O) groups excluding carboxylic acids is 3. The van der Waals surface area contributed by atoms with Gasteiger partial charge in [0.2, 0.25) is 17.7 Å². The Hall–Kier alpha value is -2.57. The predicted molar refractivity (Wildman–Crippen MR) is 118 cm³/mol. The summed E-state index contributed by atoms with van der Waals surface area (Å²) in [6, 6.07) is 7.53. The minimum Gasteiger partial charge on any atom is -0.496 e. The number of nitrogens with zero attached hydrogens (tertiary/aromatic N) is 2. The third kappa shape index (κ3) is 5.38. The predicted octanol–water partition coefficient (Wildman–Crippen LogP) is 2.90. The van der Waals surface area contributed by atoms with E-state index in [1.807, 2.05) is 34.1 Å². The molecular weight excluding hydrogens is 394 g/mol. The lowest BCUT2D eigenvalue weighted by Gasteiger charge is -2.43. The first-order valence-corrected chi connectivity index (χ1v) is 11.4. The van der Waals surface area contributed by atoms with E-state index in [1.165, 1.54) is 6.92 Å². The van der Waals surface area contributed by atoms with E-state index in [0.717, 1.165) is 31.2 Å². The van der Waals surface area contributed by atoms with Crippen LogP contribution < -0.4 is 10.1 Å². The van der Waals surface area contributed by atoms with E-state index in [1.54, 1.807) is 7.11 Å². The molecule has 1 aromatic rings. The molecule has 2 aliphatic heterocycles. The summed E-state index contributed by atoms with van der Waals surface area (Å²) >= 11 is 0. The van der Waals surface area contributed by atoms with Crippen LogP contribution in [0.15, 0.2) is 24.3 Å². The highest BCUT2D eigenvalue weighted by Gasteiger charge is 2.43. The molecule has 0 saturated carbocycles. The Kier molecular flexibility index (Phi) is 7.93. The van der Waals surface area contributed by atoms with Crippen LogP contribution in [0.1, 0.15) is 64.0 Å². The van der Waals surface area contributed by atoms with Crippen LogP contribution in [0.4, 0.5) is 0 Å². The molecule has 0 aliphatic carbocycles. The Bertz CT molecular complexity index is 789. The molecule has 1 N–H and O–H groups in total. The Morgan fingerprint density at radius 2 is 1.87 bits per heavy atom. The van der Waals surface area contributed by atoms with Crippen molar-refractivity contribution in [3.8, 4) is 5.75 Å². The number of methoxy groups -OCH3 is 1. The monoisotopic (exact) mass is 429 g/mol. The highest BCUT2D eigenvalue weighted by molar-refractivity contribution is 5.85. The number of hydrogen-bond acceptors (Lipinski definition) is 4. The molecule has 7 heteroatoms. The van der Waals surface area contributed by atoms with Crippen molar-refractivity contribution >= 4 is 17.7 Å². The summed E-state index contributed by atoms with van der Waals surface area (Å²) < 4.78 is 5.61. The normalized spacial score (nSPS) is 22.4. The molecule has 170 valence electrons. The molecule has 2 atom stereocenters. The maximum absolute atomic E-state index is 13.7. The zero-order valence-corrected chi connectivity index (χ0v) is 18.9. The van der Waals surface area contributed by atoms with Gasteiger partial charge in [0.25, 0.3) is 0 Å². The van der Waals surface area contributed by atoms with Crippen LogP contribution in [0.3, 0.4) is 0 Å². The fourth-order valence-electron chi connectivity index (χ4n) is 4.87. The van der Waals surface area contributed by atoms with Crippen molar-refractivity contribution in [2.45, 2.75) is 64.5 Å². The van der Waals surface area contributed by atoms with Gasteiger partial charge in [-0.3, -0.25) is 14.4 Å². The van der Waals surface area contributed by atoms with Crippen LogP contribution in [0.2, 0.25) is 0 Å². The van der Waals surface area contributed by atoms with Gasteiger partial charge in [-0.15, -0.1) is 0 Å². The second-order valence-corrected chi connectivity index (χ2v) is 8.57. The Morgan fingerprint density at radius 1 is 1.16 bits per heavy atom. The third-order valence-corrected chi connectivity index (χ3v) is 6.45. The van der Waals surface area contributed by atoms with Gasteiger partial charge in [0.05, 0.1) is 19.1 Å². The van der Waals surface area contributed by atoms with Gasteiger partial charge in [0, 0.05) is 44.6 Å². The van der Waals surface area contributed by atoms with Crippen LogP contribution >= 0.6 is 0 Å². The molecule has 0 radical (unpaired) electrons. The Balaban J connectivity index is 1.85. The average molecular weight is 430 g/mol. The second-order valence-electron chi connectivity index (χ2n) is 8.57. The first kappa shape index (κ1) is 23.1. The van der Waals surface area contributed by atoms with Crippen molar-refractivity contribution in [2.24, 2.45) is 5.92 Å². The molecule has 2 unspecified atom stereocenters. The molecule has 2 saturated heterocycles. The molecule has 7 nitrogen and oxygen atoms in total. The lowest BCUT2D eigenvalue weighted by molar-refractivity contribution is -0.148. The molecule has 0 spiro atoms. The Labute approximate surface area is 185 Å². The number of benzene rings is 1. The smallest absolute Gasteiger partial charge is 0.228 e. The first-order chi connectivity index (χ1) is 15.0.